The molecule has 5 aromatic heterocycles. The summed E-state index contributed by atoms with van der Waals surface area (Å²) in [6.45, 7) is 4.22. The highest BCUT2D eigenvalue weighted by atomic mass is 15.0. The molecule has 0 atom stereocenters. The highest BCUT2D eigenvalue weighted by Crippen LogP contribution is 2.45. The molecule has 0 amide bonds. The van der Waals surface area contributed by atoms with Crippen LogP contribution in [0, 0.1) is 13.8 Å². The third-order valence-electron chi connectivity index (χ3n) is 20.1. The van der Waals surface area contributed by atoms with E-state index in [0.29, 0.717) is 11.6 Å². The number of pyridine rings is 2. The quantitative estimate of drug-likeness (QED) is 0.113. The highest BCUT2D eigenvalue weighted by Gasteiger charge is 2.22. The van der Waals surface area contributed by atoms with Gasteiger partial charge in [0.05, 0.1) is 56.2 Å². The standard InChI is InChI=1S/C96H63N7/c1-60-43-47-63(48-44-60)84-58-86(101-96(100-84)67-49-45-61(2)46-50-67)70-27-15-25-68(55-70)75-35-18-38-81-90(75)79-33-11-13-39-82(79)97-94(81)72-29-16-26-69(56-72)76-37-20-42-89-92(76)80-34-12-14-41-88(80)103(89)73-30-17-28-71(57-73)87-59-85(99-95(102-87)66-23-7-4-8-24-66)64-53-51-62(52-54-64)74-36-19-40-83-91(74)77-31-9-10-32-78(77)93(98-83)65-21-5-3-6-22-65/h3-59H,1-2H3. The van der Waals surface area contributed by atoms with Crippen LogP contribution >= 0.6 is 0 Å². The minimum atomic E-state index is 0.657. The number of rotatable bonds is 12. The molecule has 482 valence electrons. The lowest BCUT2D eigenvalue weighted by Crippen LogP contribution is -1.98. The summed E-state index contributed by atoms with van der Waals surface area (Å²) in [6, 6.07) is 123. The second-order valence-corrected chi connectivity index (χ2v) is 26.6. The zero-order valence-electron chi connectivity index (χ0n) is 56.5. The number of nitrogens with zero attached hydrogens (tertiary/aromatic N) is 7. The maximum absolute atomic E-state index is 5.54. The fraction of sp³-hybridized carbons (Fsp3) is 0.0208. The Morgan fingerprint density at radius 2 is 0.621 bits per heavy atom. The molecule has 0 saturated heterocycles. The first kappa shape index (κ1) is 60.5. The Labute approximate surface area is 596 Å². The fourth-order valence-corrected chi connectivity index (χ4v) is 15.1. The van der Waals surface area contributed by atoms with Crippen LogP contribution < -0.4 is 0 Å². The van der Waals surface area contributed by atoms with Crippen LogP contribution in [-0.2, 0) is 0 Å². The van der Waals surface area contributed by atoms with Crippen molar-refractivity contribution in [3.63, 3.8) is 0 Å². The van der Waals surface area contributed by atoms with Crippen molar-refractivity contribution < 1.29 is 0 Å². The van der Waals surface area contributed by atoms with Gasteiger partial charge in [0.25, 0.3) is 0 Å². The van der Waals surface area contributed by atoms with E-state index >= 15 is 0 Å². The van der Waals surface area contributed by atoms with Crippen LogP contribution in [-0.4, -0.2) is 34.5 Å². The number of fused-ring (bicyclic) bond motifs is 9. The van der Waals surface area contributed by atoms with Crippen molar-refractivity contribution in [2.75, 3.05) is 0 Å². The van der Waals surface area contributed by atoms with Gasteiger partial charge in [-0.05, 0) is 113 Å². The Kier molecular flexibility index (Phi) is 14.9. The summed E-state index contributed by atoms with van der Waals surface area (Å²) in [5.41, 5.74) is 27.6. The SMILES string of the molecule is Cc1ccc(-c2cc(-c3cccc(-c4cccc5c(-c6cccc(-c7cccc8c7c7ccccc7n8-c7cccc(-c8cc(-c9ccc(-c%10cccc%11nc(-c%12ccccc%12)c%12ccccc%12c%10%11)cc9)nc(-c9ccccc9)n8)c7)c6)nc6ccccc6c45)c3)nc(-c3ccc(C)cc3)n2)cc1. The number of hydrogen-bond acceptors (Lipinski definition) is 6. The number of aromatic nitrogens is 7. The van der Waals surface area contributed by atoms with E-state index in [9.17, 15) is 0 Å². The molecule has 0 aliphatic heterocycles. The van der Waals surface area contributed by atoms with Crippen molar-refractivity contribution in [3.05, 3.63) is 357 Å². The second-order valence-electron chi connectivity index (χ2n) is 26.6. The average molecular weight is 1310 g/mol. The fourth-order valence-electron chi connectivity index (χ4n) is 15.1. The molecule has 0 radical (unpaired) electrons. The van der Waals surface area contributed by atoms with Crippen LogP contribution in [0.3, 0.4) is 0 Å². The summed E-state index contributed by atoms with van der Waals surface area (Å²) in [7, 11) is 0. The van der Waals surface area contributed by atoms with Gasteiger partial charge >= 0.3 is 0 Å². The van der Waals surface area contributed by atoms with Crippen molar-refractivity contribution in [1.82, 2.24) is 34.5 Å². The predicted octanol–water partition coefficient (Wildman–Crippen LogP) is 24.7. The van der Waals surface area contributed by atoms with E-state index in [-0.39, 0.29) is 0 Å². The number of para-hydroxylation sites is 2. The monoisotopic (exact) mass is 1310 g/mol. The second kappa shape index (κ2) is 25.3. The molecule has 0 N–H and O–H groups in total. The zero-order chi connectivity index (χ0) is 68.5. The van der Waals surface area contributed by atoms with Gasteiger partial charge in [0.15, 0.2) is 11.6 Å². The van der Waals surface area contributed by atoms with Gasteiger partial charge in [0.1, 0.15) is 0 Å². The normalized spacial score (nSPS) is 11.6. The van der Waals surface area contributed by atoms with Crippen molar-refractivity contribution in [2.24, 2.45) is 0 Å². The molecule has 0 saturated carbocycles. The third-order valence-corrected chi connectivity index (χ3v) is 20.1. The first-order valence-corrected chi connectivity index (χ1v) is 35.0. The summed E-state index contributed by atoms with van der Waals surface area (Å²) < 4.78 is 2.40. The predicted molar refractivity (Wildman–Crippen MR) is 427 cm³/mol. The summed E-state index contributed by atoms with van der Waals surface area (Å²) in [5.74, 6) is 1.35. The molecule has 7 nitrogen and oxygen atoms in total. The molecule has 7 heteroatoms. The molecule has 103 heavy (non-hydrogen) atoms. The lowest BCUT2D eigenvalue weighted by molar-refractivity contribution is 1.16. The number of hydrogen-bond donors (Lipinski definition) is 0. The van der Waals surface area contributed by atoms with Gasteiger partial charge < -0.3 is 4.57 Å². The molecule has 14 aromatic carbocycles. The van der Waals surface area contributed by atoms with E-state index in [1.807, 2.05) is 18.2 Å². The Hall–Kier alpha value is -13.6. The van der Waals surface area contributed by atoms with Crippen LogP contribution in [0.15, 0.2) is 346 Å². The van der Waals surface area contributed by atoms with Crippen LogP contribution in [0.1, 0.15) is 11.1 Å². The van der Waals surface area contributed by atoms with Gasteiger partial charge in [0, 0.05) is 87.9 Å². The molecule has 0 fully saturated rings. The summed E-state index contributed by atoms with van der Waals surface area (Å²) in [5, 5.41) is 9.08. The van der Waals surface area contributed by atoms with E-state index in [0.717, 1.165) is 172 Å². The van der Waals surface area contributed by atoms with Crippen LogP contribution in [0.5, 0.6) is 0 Å². The molecule has 0 unspecified atom stereocenters. The zero-order valence-corrected chi connectivity index (χ0v) is 56.5. The van der Waals surface area contributed by atoms with E-state index in [2.05, 4.69) is 346 Å². The maximum Gasteiger partial charge on any atom is 0.160 e. The van der Waals surface area contributed by atoms with Gasteiger partial charge in [-0.25, -0.2) is 29.9 Å². The number of benzene rings is 14. The molecule has 5 heterocycles. The van der Waals surface area contributed by atoms with Crippen LogP contribution in [0.2, 0.25) is 0 Å². The lowest BCUT2D eigenvalue weighted by atomic mass is 9.91. The summed E-state index contributed by atoms with van der Waals surface area (Å²) >= 11 is 0. The van der Waals surface area contributed by atoms with E-state index < -0.39 is 0 Å². The minimum absolute atomic E-state index is 0.657. The molecule has 0 aliphatic carbocycles. The summed E-state index contributed by atoms with van der Waals surface area (Å²) in [4.78, 5) is 31.9. The van der Waals surface area contributed by atoms with E-state index in [4.69, 9.17) is 29.9 Å². The van der Waals surface area contributed by atoms with Crippen molar-refractivity contribution in [1.29, 1.82) is 0 Å². The van der Waals surface area contributed by atoms with E-state index in [1.165, 1.54) is 21.9 Å². The Morgan fingerprint density at radius 1 is 0.214 bits per heavy atom. The third kappa shape index (κ3) is 11.0. The Balaban J connectivity index is 0.688. The molecule has 19 rings (SSSR count). The Bertz CT molecular complexity index is 6480. The van der Waals surface area contributed by atoms with Gasteiger partial charge in [-0.1, -0.05) is 296 Å². The smallest absolute Gasteiger partial charge is 0.160 e. The van der Waals surface area contributed by atoms with E-state index in [1.54, 1.807) is 0 Å². The average Bonchev–Trinajstić information content (AvgIpc) is 1.66. The lowest BCUT2D eigenvalue weighted by Gasteiger charge is -2.16. The van der Waals surface area contributed by atoms with Gasteiger partial charge in [-0.3, -0.25) is 0 Å². The van der Waals surface area contributed by atoms with Crippen molar-refractivity contribution in [2.45, 2.75) is 13.8 Å². The van der Waals surface area contributed by atoms with Crippen molar-refractivity contribution in [3.8, 4) is 129 Å². The summed E-state index contributed by atoms with van der Waals surface area (Å²) in [6.07, 6.45) is 0. The largest absolute Gasteiger partial charge is 0.309 e. The first-order valence-electron chi connectivity index (χ1n) is 35.0. The van der Waals surface area contributed by atoms with Gasteiger partial charge in [0.2, 0.25) is 0 Å². The van der Waals surface area contributed by atoms with Crippen molar-refractivity contribution >= 4 is 65.2 Å². The topological polar surface area (TPSA) is 82.3 Å². The molecular formula is C96H63N7. The van der Waals surface area contributed by atoms with Crippen LogP contribution in [0.4, 0.5) is 0 Å². The van der Waals surface area contributed by atoms with Crippen LogP contribution in [0.25, 0.3) is 195 Å². The minimum Gasteiger partial charge on any atom is -0.309 e. The highest BCUT2D eigenvalue weighted by molar-refractivity contribution is 6.19. The number of aryl methyl sites for hydroxylation is 2. The molecule has 0 bridgehead atoms. The molecule has 0 spiro atoms. The van der Waals surface area contributed by atoms with Gasteiger partial charge in [-0.2, -0.15) is 0 Å². The Morgan fingerprint density at radius 3 is 1.30 bits per heavy atom. The molecule has 0 aliphatic rings. The molecular weight excluding hydrogens is 1250 g/mol. The van der Waals surface area contributed by atoms with Gasteiger partial charge in [-0.15, -0.1) is 0 Å². The maximum atomic E-state index is 5.54. The first-order chi connectivity index (χ1) is 50.8. The molecule has 19 aromatic rings.